The van der Waals surface area contributed by atoms with Crippen LogP contribution in [0.3, 0.4) is 0 Å². The van der Waals surface area contributed by atoms with Crippen LogP contribution in [0.2, 0.25) is 0 Å². The zero-order valence-corrected chi connectivity index (χ0v) is 15.5. The first-order chi connectivity index (χ1) is 11.9. The molecular formula is C21H30O4. The maximum Gasteiger partial charge on any atom is 0.171 e. The summed E-state index contributed by atoms with van der Waals surface area (Å²) in [6.07, 6.45) is 10.8. The molecule has 2 unspecified atom stereocenters. The van der Waals surface area contributed by atoms with Crippen LogP contribution in [-0.2, 0) is 14.2 Å². The van der Waals surface area contributed by atoms with Crippen molar-refractivity contribution in [3.63, 3.8) is 0 Å². The van der Waals surface area contributed by atoms with Crippen molar-refractivity contribution < 1.29 is 19.3 Å². The van der Waals surface area contributed by atoms with Crippen molar-refractivity contribution in [1.82, 2.24) is 0 Å². The highest BCUT2D eigenvalue weighted by Crippen LogP contribution is 2.74. The topological polar surface area (TPSA) is 51.2 Å². The van der Waals surface area contributed by atoms with Crippen molar-refractivity contribution in [2.75, 3.05) is 13.2 Å². The molecule has 0 aromatic rings. The molecule has 6 atom stereocenters. The van der Waals surface area contributed by atoms with E-state index in [0.29, 0.717) is 11.8 Å². The Hall–Kier alpha value is -0.420. The molecule has 4 aliphatic carbocycles. The third-order valence-corrected chi connectivity index (χ3v) is 9.24. The molecule has 5 fully saturated rings. The van der Waals surface area contributed by atoms with Gasteiger partial charge in [0.2, 0.25) is 0 Å². The van der Waals surface area contributed by atoms with Gasteiger partial charge in [0.05, 0.1) is 18.8 Å². The maximum atomic E-state index is 11.0. The zero-order valence-electron chi connectivity index (χ0n) is 15.5. The zero-order chi connectivity index (χ0) is 17.1. The van der Waals surface area contributed by atoms with E-state index in [1.165, 1.54) is 6.42 Å². The van der Waals surface area contributed by atoms with E-state index in [-0.39, 0.29) is 22.4 Å². The van der Waals surface area contributed by atoms with Crippen molar-refractivity contribution >= 4 is 0 Å². The number of epoxide rings is 1. The molecule has 0 aromatic heterocycles. The van der Waals surface area contributed by atoms with E-state index < -0.39 is 5.60 Å². The summed E-state index contributed by atoms with van der Waals surface area (Å²) in [5.41, 5.74) is 1.00. The fourth-order valence-electron chi connectivity index (χ4n) is 7.56. The summed E-state index contributed by atoms with van der Waals surface area (Å²) >= 11 is 0. The van der Waals surface area contributed by atoms with E-state index in [1.807, 2.05) is 0 Å². The summed E-state index contributed by atoms with van der Waals surface area (Å²) in [5, 5.41) is 11.0. The molecule has 3 saturated carbocycles. The highest BCUT2D eigenvalue weighted by molar-refractivity contribution is 5.43. The lowest BCUT2D eigenvalue weighted by atomic mass is 9.53. The lowest BCUT2D eigenvalue weighted by Gasteiger charge is -2.51. The molecule has 0 bridgehead atoms. The average Bonchev–Trinajstić information content (AvgIpc) is 2.94. The molecule has 0 radical (unpaired) electrons. The largest absolute Gasteiger partial charge is 0.390 e. The third-order valence-electron chi connectivity index (χ3n) is 9.24. The predicted octanol–water partition coefficient (Wildman–Crippen LogP) is 3.33. The van der Waals surface area contributed by atoms with E-state index in [2.05, 4.69) is 19.9 Å². The quantitative estimate of drug-likeness (QED) is 0.540. The fraction of sp³-hybridized carbons (Fsp3) is 0.905. The first-order valence-corrected chi connectivity index (χ1v) is 10.3. The summed E-state index contributed by atoms with van der Waals surface area (Å²) in [6, 6.07) is 0. The van der Waals surface area contributed by atoms with Gasteiger partial charge in [-0.3, -0.25) is 0 Å². The van der Waals surface area contributed by atoms with Crippen molar-refractivity contribution in [2.45, 2.75) is 87.8 Å². The molecular weight excluding hydrogens is 316 g/mol. The molecule has 2 heterocycles. The number of allylic oxidation sites excluding steroid dienone is 1. The first kappa shape index (κ1) is 15.6. The maximum absolute atomic E-state index is 11.0. The fourth-order valence-corrected chi connectivity index (χ4v) is 7.56. The predicted molar refractivity (Wildman–Crippen MR) is 91.9 cm³/mol. The molecule has 25 heavy (non-hydrogen) atoms. The second-order valence-electron chi connectivity index (χ2n) is 10.1. The van der Waals surface area contributed by atoms with Crippen LogP contribution in [0.5, 0.6) is 0 Å². The minimum atomic E-state index is -0.529. The van der Waals surface area contributed by atoms with Gasteiger partial charge in [-0.05, 0) is 62.9 Å². The van der Waals surface area contributed by atoms with Gasteiger partial charge in [0, 0.05) is 18.3 Å². The van der Waals surface area contributed by atoms with E-state index in [4.69, 9.17) is 14.2 Å². The highest BCUT2D eigenvalue weighted by Gasteiger charge is 2.79. The molecule has 1 N–H and O–H groups in total. The van der Waals surface area contributed by atoms with Crippen LogP contribution in [0.1, 0.15) is 65.2 Å². The summed E-state index contributed by atoms with van der Waals surface area (Å²) in [5.74, 6) is 0.838. The standard InChI is InChI=1S/C21H30O4/c1-17-6-4-16-14(15(17)5-7-18(17,2)22)3-8-19-13-20(23-11-12-24-20)9-10-21(16,19)25-19/h4,14-15,22H,3,5-13H2,1-2H3/t14?,15?,17-,18-,19+,21+/m0/s1. The average molecular weight is 346 g/mol. The van der Waals surface area contributed by atoms with Crippen LogP contribution < -0.4 is 0 Å². The minimum Gasteiger partial charge on any atom is -0.390 e. The third kappa shape index (κ3) is 1.65. The Morgan fingerprint density at radius 1 is 1.04 bits per heavy atom. The Balaban J connectivity index is 1.36. The van der Waals surface area contributed by atoms with Crippen LogP contribution in [-0.4, -0.2) is 40.9 Å². The Kier molecular flexibility index (Phi) is 2.72. The Labute approximate surface area is 149 Å². The van der Waals surface area contributed by atoms with E-state index in [0.717, 1.165) is 58.2 Å². The van der Waals surface area contributed by atoms with Crippen LogP contribution in [0.25, 0.3) is 0 Å². The molecule has 0 aromatic carbocycles. The molecule has 6 aliphatic rings. The van der Waals surface area contributed by atoms with Crippen molar-refractivity contribution in [1.29, 1.82) is 0 Å². The highest BCUT2D eigenvalue weighted by atomic mass is 16.7. The van der Waals surface area contributed by atoms with Crippen molar-refractivity contribution in [3.05, 3.63) is 11.6 Å². The van der Waals surface area contributed by atoms with Gasteiger partial charge in [0.25, 0.3) is 0 Å². The summed E-state index contributed by atoms with van der Waals surface area (Å²) in [6.45, 7) is 5.83. The van der Waals surface area contributed by atoms with Gasteiger partial charge in [-0.2, -0.15) is 0 Å². The van der Waals surface area contributed by atoms with Crippen LogP contribution in [0.4, 0.5) is 0 Å². The SMILES string of the molecule is C[C@]1(O)CCC2C3CC[C@@]45CC6(CC[C@@]4(O5)C3=CC[C@@]21C)OCCO6. The van der Waals surface area contributed by atoms with E-state index in [9.17, 15) is 5.11 Å². The van der Waals surface area contributed by atoms with Gasteiger partial charge in [-0.15, -0.1) is 0 Å². The molecule has 2 aliphatic heterocycles. The minimum absolute atomic E-state index is 0.0280. The van der Waals surface area contributed by atoms with Crippen molar-refractivity contribution in [2.24, 2.45) is 17.3 Å². The Morgan fingerprint density at radius 2 is 1.84 bits per heavy atom. The second-order valence-corrected chi connectivity index (χ2v) is 10.1. The van der Waals surface area contributed by atoms with Crippen molar-refractivity contribution in [3.8, 4) is 0 Å². The van der Waals surface area contributed by atoms with Gasteiger partial charge in [-0.1, -0.05) is 13.0 Å². The number of hydrogen-bond donors (Lipinski definition) is 1. The Bertz CT molecular complexity index is 663. The molecule has 1 spiro atoms. The van der Waals surface area contributed by atoms with E-state index >= 15 is 0 Å². The number of ether oxygens (including phenoxy) is 3. The molecule has 138 valence electrons. The van der Waals surface area contributed by atoms with Gasteiger partial charge < -0.3 is 19.3 Å². The second kappa shape index (κ2) is 4.35. The molecule has 4 nitrogen and oxygen atoms in total. The normalized spacial score (nSPS) is 58.1. The lowest BCUT2D eigenvalue weighted by Crippen LogP contribution is -2.53. The van der Waals surface area contributed by atoms with Gasteiger partial charge in [-0.25, -0.2) is 0 Å². The summed E-state index contributed by atoms with van der Waals surface area (Å²) < 4.78 is 18.6. The molecule has 2 saturated heterocycles. The van der Waals surface area contributed by atoms with E-state index in [1.54, 1.807) is 5.57 Å². The molecule has 4 heteroatoms. The van der Waals surface area contributed by atoms with Gasteiger partial charge in [0.15, 0.2) is 5.79 Å². The lowest BCUT2D eigenvalue weighted by molar-refractivity contribution is -0.185. The number of fused-ring (bicyclic) bond motifs is 3. The number of aliphatic hydroxyl groups is 1. The molecule has 6 rings (SSSR count). The summed E-state index contributed by atoms with van der Waals surface area (Å²) in [4.78, 5) is 0. The smallest absolute Gasteiger partial charge is 0.171 e. The monoisotopic (exact) mass is 346 g/mol. The Morgan fingerprint density at radius 3 is 2.64 bits per heavy atom. The van der Waals surface area contributed by atoms with Crippen LogP contribution in [0.15, 0.2) is 11.6 Å². The molecule has 0 amide bonds. The van der Waals surface area contributed by atoms with Crippen LogP contribution >= 0.6 is 0 Å². The summed E-state index contributed by atoms with van der Waals surface area (Å²) in [7, 11) is 0. The van der Waals surface area contributed by atoms with Gasteiger partial charge >= 0.3 is 0 Å². The first-order valence-electron chi connectivity index (χ1n) is 10.3. The number of hydrogen-bond acceptors (Lipinski definition) is 4. The number of rotatable bonds is 0. The van der Waals surface area contributed by atoms with Gasteiger partial charge in [0.1, 0.15) is 11.2 Å². The van der Waals surface area contributed by atoms with Crippen LogP contribution in [0, 0.1) is 17.3 Å².